The number of carbonyl (C=O) groups excluding carboxylic acids is 1. The predicted molar refractivity (Wildman–Crippen MR) is 108 cm³/mol. The molecule has 1 amide bonds. The van der Waals surface area contributed by atoms with Crippen LogP contribution in [0.2, 0.25) is 0 Å². The van der Waals surface area contributed by atoms with Crippen molar-refractivity contribution < 1.29 is 14.3 Å². The number of benzene rings is 2. The molecule has 0 bridgehead atoms. The maximum Gasteiger partial charge on any atom is 0.323 e. The number of methoxy groups -OCH3 is 1. The van der Waals surface area contributed by atoms with E-state index in [1.165, 1.54) is 0 Å². The number of ether oxygens (including phenoxy) is 2. The number of nitrogens with zero attached hydrogens (tertiary/aromatic N) is 1. The largest absolute Gasteiger partial charge is 0.497 e. The lowest BCUT2D eigenvalue weighted by Gasteiger charge is -2.23. The molecule has 0 fully saturated rings. The van der Waals surface area contributed by atoms with Gasteiger partial charge in [0, 0.05) is 12.2 Å². The van der Waals surface area contributed by atoms with Crippen molar-refractivity contribution in [3.63, 3.8) is 0 Å². The molecule has 0 spiro atoms. The highest BCUT2D eigenvalue weighted by Crippen LogP contribution is 2.17. The van der Waals surface area contributed by atoms with Crippen LogP contribution in [0.15, 0.2) is 47.3 Å². The Morgan fingerprint density at radius 3 is 2.50 bits per heavy atom. The number of fused-ring (bicyclic) bond motifs is 1. The summed E-state index contributed by atoms with van der Waals surface area (Å²) >= 11 is 0. The number of nitrogens with one attached hydrogen (secondary N) is 3. The summed E-state index contributed by atoms with van der Waals surface area (Å²) in [5, 5.41) is 2.87. The van der Waals surface area contributed by atoms with E-state index < -0.39 is 0 Å². The number of rotatable bonds is 8. The molecule has 2 aromatic carbocycles. The third-order valence-electron chi connectivity index (χ3n) is 4.60. The Bertz CT molecular complexity index is 993. The van der Waals surface area contributed by atoms with Gasteiger partial charge in [-0.15, -0.1) is 0 Å². The number of anilines is 1. The number of H-pyrrole nitrogens is 2. The zero-order valence-corrected chi connectivity index (χ0v) is 16.1. The van der Waals surface area contributed by atoms with Crippen LogP contribution in [0, 0.1) is 0 Å². The lowest BCUT2D eigenvalue weighted by atomic mass is 10.2. The Labute approximate surface area is 162 Å². The van der Waals surface area contributed by atoms with E-state index in [0.717, 1.165) is 11.5 Å². The van der Waals surface area contributed by atoms with E-state index in [4.69, 9.17) is 9.47 Å². The quantitative estimate of drug-likeness (QED) is 0.553. The maximum absolute atomic E-state index is 12.5. The Morgan fingerprint density at radius 2 is 1.79 bits per heavy atom. The van der Waals surface area contributed by atoms with Gasteiger partial charge in [0.2, 0.25) is 5.91 Å². The van der Waals surface area contributed by atoms with Gasteiger partial charge in [-0.25, -0.2) is 4.79 Å². The molecule has 148 valence electrons. The van der Waals surface area contributed by atoms with Crippen molar-refractivity contribution in [1.82, 2.24) is 14.9 Å². The number of imidazole rings is 1. The summed E-state index contributed by atoms with van der Waals surface area (Å²) in [5.41, 5.74) is 1.70. The van der Waals surface area contributed by atoms with Crippen molar-refractivity contribution in [2.24, 2.45) is 0 Å². The third-order valence-corrected chi connectivity index (χ3v) is 4.60. The van der Waals surface area contributed by atoms with Gasteiger partial charge in [0.25, 0.3) is 0 Å². The molecule has 28 heavy (non-hydrogen) atoms. The normalized spacial score (nSPS) is 12.1. The number of aromatic amines is 2. The van der Waals surface area contributed by atoms with Crippen molar-refractivity contribution in [1.29, 1.82) is 0 Å². The van der Waals surface area contributed by atoms with Gasteiger partial charge in [-0.3, -0.25) is 9.69 Å². The van der Waals surface area contributed by atoms with E-state index in [-0.39, 0.29) is 17.6 Å². The standard InChI is InChI=1S/C20H24N4O4/c1-13(24(2)10-11-28-16-7-5-15(27-3)6-8-16)19(25)21-14-4-9-17-18(12-14)23-20(26)22-17/h4-9,12-13H,10-11H2,1-3H3,(H,21,25)(H2,22,23,26)/t13-/m0/s1. The minimum Gasteiger partial charge on any atom is -0.497 e. The van der Waals surface area contributed by atoms with Crippen LogP contribution in [-0.4, -0.2) is 54.1 Å². The zero-order valence-electron chi connectivity index (χ0n) is 16.1. The first-order chi connectivity index (χ1) is 13.5. The fourth-order valence-corrected chi connectivity index (χ4v) is 2.73. The maximum atomic E-state index is 12.5. The molecule has 3 aromatic rings. The van der Waals surface area contributed by atoms with Gasteiger partial charge in [-0.05, 0) is 56.4 Å². The highest BCUT2D eigenvalue weighted by atomic mass is 16.5. The molecule has 0 aliphatic rings. The molecule has 0 saturated carbocycles. The first kappa shape index (κ1) is 19.5. The lowest BCUT2D eigenvalue weighted by Crippen LogP contribution is -2.41. The fourth-order valence-electron chi connectivity index (χ4n) is 2.73. The van der Waals surface area contributed by atoms with E-state index in [1.807, 2.05) is 43.1 Å². The van der Waals surface area contributed by atoms with E-state index in [9.17, 15) is 9.59 Å². The molecule has 0 radical (unpaired) electrons. The van der Waals surface area contributed by atoms with Crippen molar-refractivity contribution in [2.75, 3.05) is 32.6 Å². The van der Waals surface area contributed by atoms with E-state index in [1.54, 1.807) is 25.3 Å². The van der Waals surface area contributed by atoms with Crippen LogP contribution in [-0.2, 0) is 4.79 Å². The number of carbonyl (C=O) groups is 1. The minimum atomic E-state index is -0.347. The smallest absolute Gasteiger partial charge is 0.323 e. The van der Waals surface area contributed by atoms with Crippen LogP contribution in [0.3, 0.4) is 0 Å². The Kier molecular flexibility index (Phi) is 6.00. The molecule has 0 aliphatic carbocycles. The third kappa shape index (κ3) is 4.72. The molecule has 8 nitrogen and oxygen atoms in total. The molecule has 8 heteroatoms. The molecule has 0 aliphatic heterocycles. The molecular formula is C20H24N4O4. The van der Waals surface area contributed by atoms with Crippen molar-refractivity contribution in [3.05, 3.63) is 52.9 Å². The summed E-state index contributed by atoms with van der Waals surface area (Å²) in [5.74, 6) is 1.39. The van der Waals surface area contributed by atoms with Crippen LogP contribution in [0.4, 0.5) is 5.69 Å². The van der Waals surface area contributed by atoms with Gasteiger partial charge >= 0.3 is 5.69 Å². The van der Waals surface area contributed by atoms with Gasteiger partial charge in [-0.2, -0.15) is 0 Å². The van der Waals surface area contributed by atoms with Crippen LogP contribution in [0.25, 0.3) is 11.0 Å². The minimum absolute atomic E-state index is 0.135. The van der Waals surface area contributed by atoms with Crippen molar-refractivity contribution in [3.8, 4) is 11.5 Å². The van der Waals surface area contributed by atoms with Crippen molar-refractivity contribution >= 4 is 22.6 Å². The van der Waals surface area contributed by atoms with Crippen molar-refractivity contribution in [2.45, 2.75) is 13.0 Å². The molecule has 1 atom stereocenters. The second kappa shape index (κ2) is 8.62. The number of aromatic nitrogens is 2. The molecule has 0 unspecified atom stereocenters. The molecule has 3 N–H and O–H groups in total. The summed E-state index contributed by atoms with van der Waals surface area (Å²) in [7, 11) is 3.49. The average molecular weight is 384 g/mol. The first-order valence-corrected chi connectivity index (χ1v) is 8.96. The average Bonchev–Trinajstić information content (AvgIpc) is 3.07. The summed E-state index contributed by atoms with van der Waals surface area (Å²) in [4.78, 5) is 31.1. The highest BCUT2D eigenvalue weighted by molar-refractivity contribution is 5.96. The van der Waals surface area contributed by atoms with Crippen LogP contribution in [0.5, 0.6) is 11.5 Å². The van der Waals surface area contributed by atoms with Gasteiger partial charge < -0.3 is 24.8 Å². The van der Waals surface area contributed by atoms with Gasteiger partial charge in [0.05, 0.1) is 24.2 Å². The van der Waals surface area contributed by atoms with Crippen LogP contribution in [0.1, 0.15) is 6.92 Å². The number of likely N-dealkylation sites (N-methyl/N-ethyl adjacent to an activating group) is 1. The van der Waals surface area contributed by atoms with E-state index >= 15 is 0 Å². The first-order valence-electron chi connectivity index (χ1n) is 8.96. The number of hydrogen-bond donors (Lipinski definition) is 3. The topological polar surface area (TPSA) is 99.4 Å². The van der Waals surface area contributed by atoms with E-state index in [0.29, 0.717) is 29.9 Å². The highest BCUT2D eigenvalue weighted by Gasteiger charge is 2.18. The summed E-state index contributed by atoms with van der Waals surface area (Å²) < 4.78 is 10.8. The van der Waals surface area contributed by atoms with Gasteiger partial charge in [-0.1, -0.05) is 0 Å². The molecule has 1 heterocycles. The second-order valence-corrected chi connectivity index (χ2v) is 6.51. The van der Waals surface area contributed by atoms with E-state index in [2.05, 4.69) is 15.3 Å². The van der Waals surface area contributed by atoms with Crippen LogP contribution < -0.4 is 20.5 Å². The van der Waals surface area contributed by atoms with Gasteiger partial charge in [0.1, 0.15) is 18.1 Å². The summed E-state index contributed by atoms with van der Waals surface area (Å²) in [6.07, 6.45) is 0. The Balaban J connectivity index is 1.50. The lowest BCUT2D eigenvalue weighted by molar-refractivity contribution is -0.120. The molecule has 1 aromatic heterocycles. The molecule has 0 saturated heterocycles. The van der Waals surface area contributed by atoms with Crippen LogP contribution >= 0.6 is 0 Å². The molecular weight excluding hydrogens is 360 g/mol. The summed E-state index contributed by atoms with van der Waals surface area (Å²) in [6.45, 7) is 2.88. The molecule has 3 rings (SSSR count). The predicted octanol–water partition coefficient (Wildman–Crippen LogP) is 2.20. The SMILES string of the molecule is COc1ccc(OCCN(C)[C@@H](C)C(=O)Nc2ccc3[nH]c(=O)[nH]c3c2)cc1. The zero-order chi connectivity index (χ0) is 20.1. The monoisotopic (exact) mass is 384 g/mol. The summed E-state index contributed by atoms with van der Waals surface area (Å²) in [6, 6.07) is 12.2. The number of hydrogen-bond acceptors (Lipinski definition) is 5. The van der Waals surface area contributed by atoms with Gasteiger partial charge in [0.15, 0.2) is 0 Å². The Morgan fingerprint density at radius 1 is 1.11 bits per heavy atom. The number of amides is 1. The Hall–Kier alpha value is -3.26. The second-order valence-electron chi connectivity index (χ2n) is 6.51. The fraction of sp³-hybridized carbons (Fsp3) is 0.300.